The highest BCUT2D eigenvalue weighted by molar-refractivity contribution is 6.34. The molecule has 1 aromatic rings. The number of halogens is 1. The number of nitrogens with one attached hydrogen (secondary N) is 1. The third-order valence-corrected chi connectivity index (χ3v) is 5.37. The van der Waals surface area contributed by atoms with E-state index >= 15 is 0 Å². The van der Waals surface area contributed by atoms with Gasteiger partial charge < -0.3 is 19.7 Å². The van der Waals surface area contributed by atoms with Gasteiger partial charge in [-0.2, -0.15) is 0 Å². The second kappa shape index (κ2) is 8.17. The Morgan fingerprint density at radius 1 is 1.07 bits per heavy atom. The fraction of sp³-hybridized carbons (Fsp3) is 0.526. The summed E-state index contributed by atoms with van der Waals surface area (Å²) in [6, 6.07) is 2.93. The molecule has 146 valence electrons. The number of carbonyl (C=O) groups is 3. The van der Waals surface area contributed by atoms with Crippen LogP contribution in [0.1, 0.15) is 36.0 Å². The van der Waals surface area contributed by atoms with Crippen molar-refractivity contribution < 1.29 is 23.9 Å². The first kappa shape index (κ1) is 19.5. The van der Waals surface area contributed by atoms with Crippen molar-refractivity contribution >= 4 is 35.1 Å². The van der Waals surface area contributed by atoms with Crippen molar-refractivity contribution in [3.63, 3.8) is 0 Å². The fourth-order valence-corrected chi connectivity index (χ4v) is 3.48. The summed E-state index contributed by atoms with van der Waals surface area (Å²) in [6.45, 7) is 1.21. The van der Waals surface area contributed by atoms with Crippen LogP contribution < -0.4 is 10.1 Å². The van der Waals surface area contributed by atoms with Crippen molar-refractivity contribution in [2.45, 2.75) is 25.7 Å². The number of benzene rings is 1. The molecule has 1 aliphatic heterocycles. The molecule has 0 radical (unpaired) electrons. The van der Waals surface area contributed by atoms with Gasteiger partial charge in [-0.15, -0.1) is 0 Å². The molecule has 2 fully saturated rings. The molecule has 0 spiro atoms. The zero-order chi connectivity index (χ0) is 19.6. The monoisotopic (exact) mass is 394 g/mol. The summed E-state index contributed by atoms with van der Waals surface area (Å²) < 4.78 is 9.91. The lowest BCUT2D eigenvalue weighted by molar-refractivity contribution is -0.135. The van der Waals surface area contributed by atoms with Gasteiger partial charge in [0.25, 0.3) is 0 Å². The number of esters is 1. The Balaban J connectivity index is 1.64. The second-order valence-corrected chi connectivity index (χ2v) is 7.29. The molecule has 0 bridgehead atoms. The van der Waals surface area contributed by atoms with Gasteiger partial charge in [-0.05, 0) is 31.7 Å². The van der Waals surface area contributed by atoms with Crippen LogP contribution in [-0.2, 0) is 14.3 Å². The van der Waals surface area contributed by atoms with Crippen molar-refractivity contribution in [1.82, 2.24) is 4.90 Å². The highest BCUT2D eigenvalue weighted by atomic mass is 35.5. The van der Waals surface area contributed by atoms with Crippen LogP contribution in [0.15, 0.2) is 12.1 Å². The van der Waals surface area contributed by atoms with E-state index in [0.717, 1.165) is 12.8 Å². The molecule has 1 aliphatic carbocycles. The molecule has 8 heteroatoms. The molecular formula is C19H23ClN2O5. The Hall–Kier alpha value is -2.28. The number of anilines is 1. The van der Waals surface area contributed by atoms with E-state index in [1.54, 1.807) is 0 Å². The molecule has 1 N–H and O–H groups in total. The lowest BCUT2D eigenvalue weighted by atomic mass is 9.95. The smallest absolute Gasteiger partial charge is 0.341 e. The number of rotatable bonds is 5. The Morgan fingerprint density at radius 3 is 2.30 bits per heavy atom. The highest BCUT2D eigenvalue weighted by Crippen LogP contribution is 2.34. The number of hydrogen-bond donors (Lipinski definition) is 1. The molecule has 1 heterocycles. The van der Waals surface area contributed by atoms with Gasteiger partial charge in [0.05, 0.1) is 24.9 Å². The molecule has 1 saturated heterocycles. The van der Waals surface area contributed by atoms with Crippen LogP contribution in [0.5, 0.6) is 5.75 Å². The van der Waals surface area contributed by atoms with E-state index in [9.17, 15) is 14.4 Å². The number of nitrogens with zero attached hydrogens (tertiary/aromatic N) is 1. The SMILES string of the molecule is COC(=O)c1cc(Cl)c(NC(=O)C2CCN(C(=O)C3CC3)CC2)cc1OC. The minimum Gasteiger partial charge on any atom is -0.496 e. The minimum absolute atomic E-state index is 0.150. The van der Waals surface area contributed by atoms with Gasteiger partial charge in [0.15, 0.2) is 0 Å². The van der Waals surface area contributed by atoms with Gasteiger partial charge in [0.1, 0.15) is 11.3 Å². The summed E-state index contributed by atoms with van der Waals surface area (Å²) in [5, 5.41) is 3.04. The van der Waals surface area contributed by atoms with Gasteiger partial charge in [0, 0.05) is 31.0 Å². The fourth-order valence-electron chi connectivity index (χ4n) is 3.27. The maximum Gasteiger partial charge on any atom is 0.341 e. The van der Waals surface area contributed by atoms with E-state index in [1.165, 1.54) is 26.4 Å². The van der Waals surface area contributed by atoms with Crippen LogP contribution in [0.3, 0.4) is 0 Å². The molecule has 27 heavy (non-hydrogen) atoms. The normalized spacial score (nSPS) is 17.4. The number of ether oxygens (including phenoxy) is 2. The van der Waals surface area contributed by atoms with E-state index in [-0.39, 0.29) is 40.0 Å². The number of methoxy groups -OCH3 is 2. The molecule has 2 amide bonds. The lowest BCUT2D eigenvalue weighted by Gasteiger charge is -2.31. The maximum atomic E-state index is 12.6. The average molecular weight is 395 g/mol. The molecule has 7 nitrogen and oxygen atoms in total. The quantitative estimate of drug-likeness (QED) is 0.776. The predicted molar refractivity (Wildman–Crippen MR) is 100 cm³/mol. The molecular weight excluding hydrogens is 372 g/mol. The van der Waals surface area contributed by atoms with E-state index < -0.39 is 5.97 Å². The topological polar surface area (TPSA) is 84.9 Å². The predicted octanol–water partition coefficient (Wildman–Crippen LogP) is 2.72. The van der Waals surface area contributed by atoms with Crippen LogP contribution in [0.25, 0.3) is 0 Å². The van der Waals surface area contributed by atoms with Crippen molar-refractivity contribution in [3.05, 3.63) is 22.7 Å². The van der Waals surface area contributed by atoms with Crippen LogP contribution in [0, 0.1) is 11.8 Å². The van der Waals surface area contributed by atoms with E-state index in [2.05, 4.69) is 5.32 Å². The van der Waals surface area contributed by atoms with E-state index in [4.69, 9.17) is 21.1 Å². The summed E-state index contributed by atoms with van der Waals surface area (Å²) in [4.78, 5) is 38.4. The van der Waals surface area contributed by atoms with Gasteiger partial charge in [-0.3, -0.25) is 9.59 Å². The van der Waals surface area contributed by atoms with Gasteiger partial charge in [-0.25, -0.2) is 4.79 Å². The molecule has 0 unspecified atom stereocenters. The summed E-state index contributed by atoms with van der Waals surface area (Å²) in [7, 11) is 2.69. The van der Waals surface area contributed by atoms with Gasteiger partial charge in [0.2, 0.25) is 11.8 Å². The number of likely N-dealkylation sites (tertiary alicyclic amines) is 1. The summed E-state index contributed by atoms with van der Waals surface area (Å²) in [5.74, 6) is -0.209. The Kier molecular flexibility index (Phi) is 5.89. The van der Waals surface area contributed by atoms with Gasteiger partial charge >= 0.3 is 5.97 Å². The standard InChI is InChI=1S/C19H23ClN2O5/c1-26-16-10-15(14(20)9-13(16)19(25)27-2)21-17(23)11-5-7-22(8-6-11)18(24)12-3-4-12/h9-12H,3-8H2,1-2H3,(H,21,23). The first-order chi connectivity index (χ1) is 12.9. The van der Waals surface area contributed by atoms with Crippen LogP contribution >= 0.6 is 11.6 Å². The minimum atomic E-state index is -0.570. The lowest BCUT2D eigenvalue weighted by Crippen LogP contribution is -2.42. The number of carbonyl (C=O) groups excluding carboxylic acids is 3. The maximum absolute atomic E-state index is 12.6. The van der Waals surface area contributed by atoms with E-state index in [1.807, 2.05) is 4.90 Å². The summed E-state index contributed by atoms with van der Waals surface area (Å²) in [5.41, 5.74) is 0.567. The Labute approximate surface area is 162 Å². The van der Waals surface area contributed by atoms with Crippen LogP contribution in [0.4, 0.5) is 5.69 Å². The summed E-state index contributed by atoms with van der Waals surface area (Å²) >= 11 is 6.22. The third-order valence-electron chi connectivity index (χ3n) is 5.06. The zero-order valence-electron chi connectivity index (χ0n) is 15.4. The number of amides is 2. The first-order valence-corrected chi connectivity index (χ1v) is 9.38. The highest BCUT2D eigenvalue weighted by Gasteiger charge is 2.36. The number of hydrogen-bond acceptors (Lipinski definition) is 5. The molecule has 2 aliphatic rings. The van der Waals surface area contributed by atoms with Crippen molar-refractivity contribution in [3.8, 4) is 5.75 Å². The first-order valence-electron chi connectivity index (χ1n) is 9.00. The molecule has 1 aromatic carbocycles. The third kappa shape index (κ3) is 4.35. The largest absolute Gasteiger partial charge is 0.496 e. The molecule has 0 aromatic heterocycles. The van der Waals surface area contributed by atoms with Crippen molar-refractivity contribution in [2.75, 3.05) is 32.6 Å². The molecule has 0 atom stereocenters. The van der Waals surface area contributed by atoms with E-state index in [0.29, 0.717) is 31.6 Å². The second-order valence-electron chi connectivity index (χ2n) is 6.89. The Bertz CT molecular complexity index is 755. The zero-order valence-corrected chi connectivity index (χ0v) is 16.2. The molecule has 3 rings (SSSR count). The number of piperidine rings is 1. The van der Waals surface area contributed by atoms with Crippen LogP contribution in [0.2, 0.25) is 5.02 Å². The Morgan fingerprint density at radius 2 is 1.74 bits per heavy atom. The van der Waals surface area contributed by atoms with Gasteiger partial charge in [-0.1, -0.05) is 11.6 Å². The molecule has 1 saturated carbocycles. The van der Waals surface area contributed by atoms with Crippen molar-refractivity contribution in [2.24, 2.45) is 11.8 Å². The average Bonchev–Trinajstić information content (AvgIpc) is 3.53. The summed E-state index contributed by atoms with van der Waals surface area (Å²) in [6.07, 6.45) is 3.22. The van der Waals surface area contributed by atoms with Crippen molar-refractivity contribution in [1.29, 1.82) is 0 Å². The van der Waals surface area contributed by atoms with Crippen LogP contribution in [-0.4, -0.2) is 50.0 Å².